The van der Waals surface area contributed by atoms with Crippen LogP contribution < -0.4 is 0 Å². The van der Waals surface area contributed by atoms with Crippen molar-refractivity contribution in [3.05, 3.63) is 34.3 Å². The number of hydrogen-bond acceptors (Lipinski definition) is 2. The smallest absolute Gasteiger partial charge is 0.386 e. The van der Waals surface area contributed by atoms with Crippen molar-refractivity contribution < 1.29 is 18.0 Å². The summed E-state index contributed by atoms with van der Waals surface area (Å²) in [6.45, 7) is -1.38. The Morgan fingerprint density at radius 2 is 2.13 bits per heavy atom. The van der Waals surface area contributed by atoms with Gasteiger partial charge in [0.05, 0.1) is 6.21 Å². The number of halogens is 4. The second-order valence-electron chi connectivity index (χ2n) is 2.68. The molecule has 2 nitrogen and oxygen atoms in total. The van der Waals surface area contributed by atoms with Gasteiger partial charge < -0.3 is 4.84 Å². The van der Waals surface area contributed by atoms with Crippen molar-refractivity contribution in [3.63, 3.8) is 0 Å². The zero-order chi connectivity index (χ0) is 11.3. The summed E-state index contributed by atoms with van der Waals surface area (Å²) in [6, 6.07) is 6.95. The first kappa shape index (κ1) is 12.0. The molecule has 15 heavy (non-hydrogen) atoms. The maximum absolute atomic E-state index is 11.6. The molecule has 0 N–H and O–H groups in total. The molecule has 0 aliphatic rings. The minimum Gasteiger partial charge on any atom is -0.386 e. The Labute approximate surface area is 92.9 Å². The van der Waals surface area contributed by atoms with Crippen molar-refractivity contribution in [1.82, 2.24) is 0 Å². The lowest BCUT2D eigenvalue weighted by Gasteiger charge is -2.02. The Morgan fingerprint density at radius 3 is 2.73 bits per heavy atom. The van der Waals surface area contributed by atoms with Crippen LogP contribution in [0.2, 0.25) is 0 Å². The highest BCUT2D eigenvalue weighted by Gasteiger charge is 2.28. The maximum atomic E-state index is 11.6. The van der Waals surface area contributed by atoms with Gasteiger partial charge in [-0.15, -0.1) is 0 Å². The SMILES string of the molecule is FC(F)(F)CON=Cc1cccc(Br)c1. The van der Waals surface area contributed by atoms with Crippen molar-refractivity contribution >= 4 is 22.1 Å². The lowest BCUT2D eigenvalue weighted by Crippen LogP contribution is -2.14. The number of hydrogen-bond donors (Lipinski definition) is 0. The molecule has 0 amide bonds. The molecule has 0 aliphatic heterocycles. The van der Waals surface area contributed by atoms with E-state index in [0.717, 1.165) is 4.47 Å². The topological polar surface area (TPSA) is 21.6 Å². The number of oxime groups is 1. The van der Waals surface area contributed by atoms with Gasteiger partial charge in [-0.2, -0.15) is 13.2 Å². The normalized spacial score (nSPS) is 12.0. The lowest BCUT2D eigenvalue weighted by molar-refractivity contribution is -0.173. The molecule has 0 atom stereocenters. The zero-order valence-electron chi connectivity index (χ0n) is 7.46. The molecular weight excluding hydrogens is 275 g/mol. The van der Waals surface area contributed by atoms with Crippen molar-refractivity contribution in [2.75, 3.05) is 6.61 Å². The van der Waals surface area contributed by atoms with Gasteiger partial charge >= 0.3 is 6.18 Å². The summed E-state index contributed by atoms with van der Waals surface area (Å²) in [5.41, 5.74) is 0.659. The van der Waals surface area contributed by atoms with E-state index in [1.165, 1.54) is 6.21 Å². The van der Waals surface area contributed by atoms with Gasteiger partial charge in [0.15, 0.2) is 0 Å². The molecule has 1 aromatic carbocycles. The highest BCUT2D eigenvalue weighted by atomic mass is 79.9. The summed E-state index contributed by atoms with van der Waals surface area (Å²) in [5, 5.41) is 3.20. The van der Waals surface area contributed by atoms with Crippen molar-refractivity contribution in [3.8, 4) is 0 Å². The fraction of sp³-hybridized carbons (Fsp3) is 0.222. The van der Waals surface area contributed by atoms with Gasteiger partial charge in [-0.3, -0.25) is 0 Å². The molecule has 82 valence electrons. The van der Waals surface area contributed by atoms with Gasteiger partial charge in [-0.1, -0.05) is 33.2 Å². The lowest BCUT2D eigenvalue weighted by atomic mass is 10.2. The monoisotopic (exact) mass is 281 g/mol. The summed E-state index contributed by atoms with van der Waals surface area (Å²) in [5.74, 6) is 0. The van der Waals surface area contributed by atoms with E-state index in [9.17, 15) is 13.2 Å². The highest BCUT2D eigenvalue weighted by molar-refractivity contribution is 9.10. The van der Waals surface area contributed by atoms with Gasteiger partial charge in [0, 0.05) is 4.47 Å². The van der Waals surface area contributed by atoms with E-state index in [0.29, 0.717) is 5.56 Å². The quantitative estimate of drug-likeness (QED) is 0.615. The number of rotatable bonds is 3. The molecule has 0 aliphatic carbocycles. The third kappa shape index (κ3) is 5.41. The van der Waals surface area contributed by atoms with E-state index in [1.54, 1.807) is 24.3 Å². The fourth-order valence-corrected chi connectivity index (χ4v) is 1.21. The Morgan fingerprint density at radius 1 is 1.40 bits per heavy atom. The predicted molar refractivity (Wildman–Crippen MR) is 53.7 cm³/mol. The van der Waals surface area contributed by atoms with Gasteiger partial charge in [-0.25, -0.2) is 0 Å². The summed E-state index contributed by atoms with van der Waals surface area (Å²) in [6.07, 6.45) is -3.13. The van der Waals surface area contributed by atoms with E-state index in [2.05, 4.69) is 25.9 Å². The number of alkyl halides is 3. The van der Waals surface area contributed by atoms with Gasteiger partial charge in [0.2, 0.25) is 6.61 Å². The summed E-state index contributed by atoms with van der Waals surface area (Å²) < 4.78 is 35.7. The first-order chi connectivity index (χ1) is 6.97. The maximum Gasteiger partial charge on any atom is 0.425 e. The van der Waals surface area contributed by atoms with Crippen LogP contribution in [0.3, 0.4) is 0 Å². The molecule has 0 saturated heterocycles. The van der Waals surface area contributed by atoms with Crippen LogP contribution in [0.4, 0.5) is 13.2 Å². The largest absolute Gasteiger partial charge is 0.425 e. The van der Waals surface area contributed by atoms with Crippen LogP contribution in [-0.4, -0.2) is 19.0 Å². The average Bonchev–Trinajstić information content (AvgIpc) is 2.11. The first-order valence-electron chi connectivity index (χ1n) is 3.95. The first-order valence-corrected chi connectivity index (χ1v) is 4.74. The molecule has 0 fully saturated rings. The molecular formula is C9H7BrF3NO. The van der Waals surface area contributed by atoms with E-state index in [4.69, 9.17) is 0 Å². The number of benzene rings is 1. The Balaban J connectivity index is 2.45. The molecule has 0 unspecified atom stereocenters. The molecule has 0 bridgehead atoms. The molecule has 0 heterocycles. The van der Waals surface area contributed by atoms with Gasteiger partial charge in [0.1, 0.15) is 0 Å². The van der Waals surface area contributed by atoms with E-state index >= 15 is 0 Å². The second-order valence-corrected chi connectivity index (χ2v) is 3.59. The number of nitrogens with zero attached hydrogens (tertiary/aromatic N) is 1. The van der Waals surface area contributed by atoms with E-state index in [-0.39, 0.29) is 0 Å². The molecule has 1 rings (SSSR count). The van der Waals surface area contributed by atoms with Crippen LogP contribution in [0, 0.1) is 0 Å². The van der Waals surface area contributed by atoms with E-state index in [1.807, 2.05) is 0 Å². The van der Waals surface area contributed by atoms with Crippen molar-refractivity contribution in [2.24, 2.45) is 5.16 Å². The highest BCUT2D eigenvalue weighted by Crippen LogP contribution is 2.14. The standard InChI is InChI=1S/C9H7BrF3NO/c10-8-3-1-2-7(4-8)5-14-15-6-9(11,12)13/h1-5H,6H2. The average molecular weight is 282 g/mol. The van der Waals surface area contributed by atoms with Crippen LogP contribution >= 0.6 is 15.9 Å². The van der Waals surface area contributed by atoms with Crippen LogP contribution in [0.1, 0.15) is 5.56 Å². The minimum atomic E-state index is -4.35. The summed E-state index contributed by atoms with van der Waals surface area (Å²) in [4.78, 5) is 4.07. The molecule has 0 spiro atoms. The fourth-order valence-electron chi connectivity index (χ4n) is 0.795. The summed E-state index contributed by atoms with van der Waals surface area (Å²) in [7, 11) is 0. The molecule has 6 heteroatoms. The van der Waals surface area contributed by atoms with Gasteiger partial charge in [0.25, 0.3) is 0 Å². The van der Waals surface area contributed by atoms with Crippen molar-refractivity contribution in [1.29, 1.82) is 0 Å². The minimum absolute atomic E-state index is 0.659. The zero-order valence-corrected chi connectivity index (χ0v) is 9.05. The van der Waals surface area contributed by atoms with Crippen LogP contribution in [0.25, 0.3) is 0 Å². The van der Waals surface area contributed by atoms with Crippen LogP contribution in [-0.2, 0) is 4.84 Å². The Hall–Kier alpha value is -1.04. The van der Waals surface area contributed by atoms with Crippen molar-refractivity contribution in [2.45, 2.75) is 6.18 Å². The van der Waals surface area contributed by atoms with E-state index < -0.39 is 12.8 Å². The van der Waals surface area contributed by atoms with Gasteiger partial charge in [-0.05, 0) is 17.7 Å². The van der Waals surface area contributed by atoms with Crippen LogP contribution in [0.15, 0.2) is 33.9 Å². The molecule has 1 aromatic rings. The molecule has 0 aromatic heterocycles. The second kappa shape index (κ2) is 5.16. The summed E-state index contributed by atoms with van der Waals surface area (Å²) >= 11 is 3.22. The Bertz CT molecular complexity index is 351. The molecule has 0 saturated carbocycles. The third-order valence-corrected chi connectivity index (χ3v) is 1.85. The van der Waals surface area contributed by atoms with Crippen LogP contribution in [0.5, 0.6) is 0 Å². The molecule has 0 radical (unpaired) electrons. The Kier molecular flexibility index (Phi) is 4.14. The predicted octanol–water partition coefficient (Wildman–Crippen LogP) is 3.36. The third-order valence-electron chi connectivity index (χ3n) is 1.35.